The molecule has 0 bridgehead atoms. The van der Waals surface area contributed by atoms with Gasteiger partial charge in [0.25, 0.3) is 0 Å². The number of morpholine rings is 1. The van der Waals surface area contributed by atoms with Crippen molar-refractivity contribution in [2.75, 3.05) is 32.8 Å². The fourth-order valence-corrected chi connectivity index (χ4v) is 2.60. The van der Waals surface area contributed by atoms with Gasteiger partial charge >= 0.3 is 0 Å². The lowest BCUT2D eigenvalue weighted by molar-refractivity contribution is -0.133. The Hall–Kier alpha value is -1.43. The summed E-state index contributed by atoms with van der Waals surface area (Å²) < 4.78 is 11.0. The van der Waals surface area contributed by atoms with Gasteiger partial charge in [0, 0.05) is 25.2 Å². The quantitative estimate of drug-likeness (QED) is 0.832. The van der Waals surface area contributed by atoms with Gasteiger partial charge in [-0.3, -0.25) is 9.69 Å². The second kappa shape index (κ2) is 8.43. The van der Waals surface area contributed by atoms with Crippen molar-refractivity contribution in [2.24, 2.45) is 0 Å². The van der Waals surface area contributed by atoms with Crippen LogP contribution in [-0.2, 0) is 20.9 Å². The van der Waals surface area contributed by atoms with Gasteiger partial charge in [0.2, 0.25) is 5.91 Å². The minimum atomic E-state index is -0.462. The summed E-state index contributed by atoms with van der Waals surface area (Å²) in [6.45, 7) is 10.5. The van der Waals surface area contributed by atoms with Crippen LogP contribution >= 0.6 is 0 Å². The number of ether oxygens (including phenoxy) is 2. The molecule has 1 saturated heterocycles. The molecule has 128 valence electrons. The molecule has 1 aromatic rings. The Balaban J connectivity index is 1.74. The Bertz CT molecular complexity index is 484. The molecule has 2 rings (SSSR count). The van der Waals surface area contributed by atoms with Crippen molar-refractivity contribution in [3.8, 4) is 0 Å². The van der Waals surface area contributed by atoms with Gasteiger partial charge in [-0.2, -0.15) is 0 Å². The van der Waals surface area contributed by atoms with Crippen molar-refractivity contribution in [3.63, 3.8) is 0 Å². The van der Waals surface area contributed by atoms with Gasteiger partial charge < -0.3 is 14.8 Å². The van der Waals surface area contributed by atoms with Crippen LogP contribution in [0.1, 0.15) is 26.3 Å². The van der Waals surface area contributed by atoms with E-state index in [4.69, 9.17) is 9.47 Å². The summed E-state index contributed by atoms with van der Waals surface area (Å²) in [5.41, 5.74) is 0.985. The summed E-state index contributed by atoms with van der Waals surface area (Å²) in [5.74, 6) is -0.0673. The maximum absolute atomic E-state index is 12.2. The number of hydrogen-bond donors (Lipinski definition) is 1. The van der Waals surface area contributed by atoms with E-state index in [1.165, 1.54) is 0 Å². The number of carbonyl (C=O) groups is 1. The van der Waals surface area contributed by atoms with Gasteiger partial charge in [0.1, 0.15) is 6.10 Å². The van der Waals surface area contributed by atoms with Crippen molar-refractivity contribution < 1.29 is 14.3 Å². The zero-order chi connectivity index (χ0) is 16.7. The van der Waals surface area contributed by atoms with Crippen molar-refractivity contribution in [2.45, 2.75) is 39.0 Å². The molecule has 5 heteroatoms. The van der Waals surface area contributed by atoms with Crippen LogP contribution in [0.2, 0.25) is 0 Å². The molecular weight excluding hydrogens is 292 g/mol. The highest BCUT2D eigenvalue weighted by Crippen LogP contribution is 2.15. The molecular formula is C18H28N2O3. The summed E-state index contributed by atoms with van der Waals surface area (Å²) in [6.07, 6.45) is -0.462. The SMILES string of the molecule is C[C@@H](OCc1ccccc1)C(=O)NCC(C)(C)N1CCOCC1. The zero-order valence-electron chi connectivity index (χ0n) is 14.4. The van der Waals surface area contributed by atoms with Crippen molar-refractivity contribution in [1.82, 2.24) is 10.2 Å². The van der Waals surface area contributed by atoms with Gasteiger partial charge in [0.05, 0.1) is 19.8 Å². The Morgan fingerprint density at radius 3 is 2.61 bits per heavy atom. The zero-order valence-corrected chi connectivity index (χ0v) is 14.4. The molecule has 1 aromatic carbocycles. The fraction of sp³-hybridized carbons (Fsp3) is 0.611. The average molecular weight is 320 g/mol. The number of amides is 1. The molecule has 1 fully saturated rings. The van der Waals surface area contributed by atoms with Crippen molar-refractivity contribution >= 4 is 5.91 Å². The standard InChI is InChI=1S/C18H28N2O3/c1-15(23-13-16-7-5-4-6-8-16)17(21)19-14-18(2,3)20-9-11-22-12-10-20/h4-8,15H,9-14H2,1-3H3,(H,19,21)/t15-/m1/s1. The van der Waals surface area contributed by atoms with Crippen LogP contribution in [0.5, 0.6) is 0 Å². The Labute approximate surface area is 139 Å². The van der Waals surface area contributed by atoms with E-state index in [1.54, 1.807) is 6.92 Å². The first-order chi connectivity index (χ1) is 11.0. The summed E-state index contributed by atoms with van der Waals surface area (Å²) in [5, 5.41) is 3.01. The highest BCUT2D eigenvalue weighted by Gasteiger charge is 2.29. The number of nitrogens with zero attached hydrogens (tertiary/aromatic N) is 1. The molecule has 0 spiro atoms. The van der Waals surface area contributed by atoms with Gasteiger partial charge in [0.15, 0.2) is 0 Å². The second-order valence-electron chi connectivity index (χ2n) is 6.57. The van der Waals surface area contributed by atoms with Crippen LogP contribution in [0.3, 0.4) is 0 Å². The van der Waals surface area contributed by atoms with Crippen LogP contribution < -0.4 is 5.32 Å². The van der Waals surface area contributed by atoms with Crippen LogP contribution in [0, 0.1) is 0 Å². The molecule has 1 aliphatic rings. The van der Waals surface area contributed by atoms with E-state index in [2.05, 4.69) is 24.1 Å². The first kappa shape index (κ1) is 17.9. The number of hydrogen-bond acceptors (Lipinski definition) is 4. The molecule has 1 heterocycles. The summed E-state index contributed by atoms with van der Waals surface area (Å²) in [7, 11) is 0. The molecule has 0 aliphatic carbocycles. The molecule has 1 aliphatic heterocycles. The van der Waals surface area contributed by atoms with E-state index >= 15 is 0 Å². The Kier molecular flexibility index (Phi) is 6.57. The normalized spacial score (nSPS) is 17.7. The van der Waals surface area contributed by atoms with E-state index in [1.807, 2.05) is 30.3 Å². The minimum Gasteiger partial charge on any atom is -0.379 e. The van der Waals surface area contributed by atoms with Crippen LogP contribution in [0.4, 0.5) is 0 Å². The second-order valence-corrected chi connectivity index (χ2v) is 6.57. The average Bonchev–Trinajstić information content (AvgIpc) is 2.59. The summed E-state index contributed by atoms with van der Waals surface area (Å²) >= 11 is 0. The first-order valence-electron chi connectivity index (χ1n) is 8.25. The fourth-order valence-electron chi connectivity index (χ4n) is 2.60. The van der Waals surface area contributed by atoms with E-state index in [0.29, 0.717) is 13.2 Å². The smallest absolute Gasteiger partial charge is 0.248 e. The van der Waals surface area contributed by atoms with E-state index < -0.39 is 6.10 Å². The predicted molar refractivity (Wildman–Crippen MR) is 90.2 cm³/mol. The van der Waals surface area contributed by atoms with Gasteiger partial charge in [-0.25, -0.2) is 0 Å². The van der Waals surface area contributed by atoms with Gasteiger partial charge in [-0.1, -0.05) is 30.3 Å². The van der Waals surface area contributed by atoms with Gasteiger partial charge in [-0.15, -0.1) is 0 Å². The summed E-state index contributed by atoms with van der Waals surface area (Å²) in [6, 6.07) is 9.88. The predicted octanol–water partition coefficient (Wildman–Crippen LogP) is 1.82. The third-order valence-corrected chi connectivity index (χ3v) is 4.27. The molecule has 1 amide bonds. The molecule has 0 radical (unpaired) electrons. The van der Waals surface area contributed by atoms with E-state index in [0.717, 1.165) is 31.9 Å². The molecule has 1 atom stereocenters. The number of benzene rings is 1. The van der Waals surface area contributed by atoms with E-state index in [9.17, 15) is 4.79 Å². The highest BCUT2D eigenvalue weighted by molar-refractivity contribution is 5.80. The number of nitrogens with one attached hydrogen (secondary N) is 1. The monoisotopic (exact) mass is 320 g/mol. The van der Waals surface area contributed by atoms with E-state index in [-0.39, 0.29) is 11.4 Å². The lowest BCUT2D eigenvalue weighted by atomic mass is 10.0. The van der Waals surface area contributed by atoms with Crippen molar-refractivity contribution in [1.29, 1.82) is 0 Å². The maximum Gasteiger partial charge on any atom is 0.248 e. The lowest BCUT2D eigenvalue weighted by Crippen LogP contribution is -2.56. The first-order valence-corrected chi connectivity index (χ1v) is 8.25. The Morgan fingerprint density at radius 2 is 1.96 bits per heavy atom. The third kappa shape index (κ3) is 5.61. The summed E-state index contributed by atoms with van der Waals surface area (Å²) in [4.78, 5) is 14.6. The lowest BCUT2D eigenvalue weighted by Gasteiger charge is -2.41. The molecule has 0 aromatic heterocycles. The van der Waals surface area contributed by atoms with Crippen molar-refractivity contribution in [3.05, 3.63) is 35.9 Å². The minimum absolute atomic E-state index is 0.0673. The number of carbonyl (C=O) groups excluding carboxylic acids is 1. The topological polar surface area (TPSA) is 50.8 Å². The molecule has 5 nitrogen and oxygen atoms in total. The third-order valence-electron chi connectivity index (χ3n) is 4.27. The molecule has 0 saturated carbocycles. The highest BCUT2D eigenvalue weighted by atomic mass is 16.5. The molecule has 0 unspecified atom stereocenters. The molecule has 23 heavy (non-hydrogen) atoms. The largest absolute Gasteiger partial charge is 0.379 e. The molecule has 1 N–H and O–H groups in total. The van der Waals surface area contributed by atoms with Crippen LogP contribution in [0.15, 0.2) is 30.3 Å². The van der Waals surface area contributed by atoms with Crippen LogP contribution in [0.25, 0.3) is 0 Å². The number of rotatable bonds is 7. The Morgan fingerprint density at radius 1 is 1.30 bits per heavy atom. The maximum atomic E-state index is 12.2. The van der Waals surface area contributed by atoms with Gasteiger partial charge in [-0.05, 0) is 26.3 Å². The van der Waals surface area contributed by atoms with Crippen LogP contribution in [-0.4, -0.2) is 55.3 Å².